The van der Waals surface area contributed by atoms with Gasteiger partial charge < -0.3 is 5.32 Å². The number of amidine groups is 1. The van der Waals surface area contributed by atoms with E-state index in [9.17, 15) is 0 Å². The van der Waals surface area contributed by atoms with E-state index >= 15 is 0 Å². The Morgan fingerprint density at radius 1 is 1.33 bits per heavy atom. The molecule has 36 heavy (non-hydrogen) atoms. The molecule has 1 aliphatic carbocycles. The molecule has 3 rings (SSSR count). The maximum Gasteiger partial charge on any atom is 0.206 e. The summed E-state index contributed by atoms with van der Waals surface area (Å²) < 4.78 is 0. The lowest BCUT2D eigenvalue weighted by Gasteiger charge is -2.28. The monoisotopic (exact) mass is 485 g/mol. The van der Waals surface area contributed by atoms with Crippen LogP contribution in [0.1, 0.15) is 58.6 Å². The molecule has 1 aromatic carbocycles. The van der Waals surface area contributed by atoms with Gasteiger partial charge in [-0.05, 0) is 44.0 Å². The lowest BCUT2D eigenvalue weighted by Crippen LogP contribution is -2.37. The molecule has 1 aromatic rings. The first-order valence-electron chi connectivity index (χ1n) is 12.0. The van der Waals surface area contributed by atoms with Gasteiger partial charge in [-0.2, -0.15) is 5.26 Å². The molecular weight excluding hydrogens is 446 g/mol. The van der Waals surface area contributed by atoms with Gasteiger partial charge in [-0.1, -0.05) is 75.3 Å². The summed E-state index contributed by atoms with van der Waals surface area (Å²) in [4.78, 5) is 13.8. The molecule has 1 amide bonds. The van der Waals surface area contributed by atoms with Crippen molar-refractivity contribution in [1.82, 2.24) is 15.8 Å². The zero-order valence-corrected chi connectivity index (χ0v) is 22.4. The Balaban J connectivity index is 0.00000106. The van der Waals surface area contributed by atoms with Crippen LogP contribution in [-0.2, 0) is 4.79 Å². The fourth-order valence-electron chi connectivity index (χ4n) is 2.92. The first-order chi connectivity index (χ1) is 17.4. The molecule has 0 saturated carbocycles. The van der Waals surface area contributed by atoms with E-state index < -0.39 is 0 Å². The van der Waals surface area contributed by atoms with Gasteiger partial charge in [-0.3, -0.25) is 20.2 Å². The van der Waals surface area contributed by atoms with Gasteiger partial charge in [0.2, 0.25) is 6.41 Å². The minimum atomic E-state index is 0.180. The second kappa shape index (κ2) is 19.1. The number of terminal acetylenes is 1. The van der Waals surface area contributed by atoms with Crippen molar-refractivity contribution in [3.63, 3.8) is 0 Å². The molecule has 0 spiro atoms. The molecule has 0 fully saturated rings. The molecule has 0 bridgehead atoms. The molecule has 6 nitrogen and oxygen atoms in total. The average Bonchev–Trinajstić information content (AvgIpc) is 2.92. The van der Waals surface area contributed by atoms with Gasteiger partial charge in [0.1, 0.15) is 5.84 Å². The Hall–Kier alpha value is -4.29. The number of rotatable bonds is 4. The first kappa shape index (κ1) is 31.7. The van der Waals surface area contributed by atoms with Crippen LogP contribution in [0.4, 0.5) is 0 Å². The van der Waals surface area contributed by atoms with Crippen LogP contribution in [0.25, 0.3) is 5.57 Å². The van der Waals surface area contributed by atoms with Crippen LogP contribution in [0, 0.1) is 23.7 Å². The fourth-order valence-corrected chi connectivity index (χ4v) is 2.92. The van der Waals surface area contributed by atoms with Crippen molar-refractivity contribution in [2.75, 3.05) is 7.05 Å². The van der Waals surface area contributed by atoms with Crippen molar-refractivity contribution in [2.24, 2.45) is 4.99 Å². The number of allylic oxidation sites excluding steroid dienone is 5. The molecule has 1 unspecified atom stereocenters. The first-order valence-corrected chi connectivity index (χ1v) is 12.0. The van der Waals surface area contributed by atoms with Crippen LogP contribution in [0.5, 0.6) is 0 Å². The maximum atomic E-state index is 9.06. The Morgan fingerprint density at radius 2 is 1.94 bits per heavy atom. The van der Waals surface area contributed by atoms with Gasteiger partial charge >= 0.3 is 0 Å². The summed E-state index contributed by atoms with van der Waals surface area (Å²) >= 11 is 0. The van der Waals surface area contributed by atoms with Crippen LogP contribution in [0.15, 0.2) is 83.7 Å². The maximum absolute atomic E-state index is 9.06. The Kier molecular flexibility index (Phi) is 16.8. The summed E-state index contributed by atoms with van der Waals surface area (Å²) in [5.74, 6) is 3.49. The number of nitriles is 1. The lowest BCUT2D eigenvalue weighted by molar-refractivity contribution is -0.109. The summed E-state index contributed by atoms with van der Waals surface area (Å²) in [5, 5.41) is 11.8. The second-order valence-corrected chi connectivity index (χ2v) is 7.32. The highest BCUT2D eigenvalue weighted by Gasteiger charge is 2.15. The van der Waals surface area contributed by atoms with Crippen molar-refractivity contribution in [3.8, 4) is 18.4 Å². The number of aliphatic imine (C=N–C) groups is 1. The van der Waals surface area contributed by atoms with E-state index in [0.29, 0.717) is 12.8 Å². The molecule has 2 N–H and O–H groups in total. The van der Waals surface area contributed by atoms with E-state index in [1.54, 1.807) is 7.05 Å². The zero-order valence-electron chi connectivity index (χ0n) is 22.4. The average molecular weight is 486 g/mol. The quantitative estimate of drug-likeness (QED) is 0.241. The standard InChI is InChI=1S/C23H23N3.C3H5N.C2H5NO.C2H6/c1-5-20-10-12-21(13-11-20)23-7-6-16-26(18(23)3)25-19(4)24-22-14-8-17(2)9-15-22;1-2-3-4;1-3-2-4;1-2/h1,6-14,16,22H,3,15H2,2,4H3,(H,24,25);2H2,1H3;2H,1H3,(H,3,4);1-2H3. The molecule has 1 aliphatic heterocycles. The highest BCUT2D eigenvalue weighted by molar-refractivity contribution is 5.83. The third kappa shape index (κ3) is 11.7. The number of hydrogen-bond donors (Lipinski definition) is 2. The smallest absolute Gasteiger partial charge is 0.206 e. The summed E-state index contributed by atoms with van der Waals surface area (Å²) in [6, 6.07) is 10.0. The van der Waals surface area contributed by atoms with E-state index in [2.05, 4.69) is 54.5 Å². The molecular formula is C30H39N5O. The summed E-state index contributed by atoms with van der Waals surface area (Å²) in [5.41, 5.74) is 8.47. The molecule has 0 saturated heterocycles. The third-order valence-electron chi connectivity index (χ3n) is 4.64. The van der Waals surface area contributed by atoms with Gasteiger partial charge in [0.05, 0.1) is 17.8 Å². The lowest BCUT2D eigenvalue weighted by atomic mass is 10.00. The van der Waals surface area contributed by atoms with Crippen LogP contribution in [0.2, 0.25) is 0 Å². The Morgan fingerprint density at radius 3 is 2.42 bits per heavy atom. The molecule has 1 heterocycles. The van der Waals surface area contributed by atoms with Crippen molar-refractivity contribution >= 4 is 17.8 Å². The number of nitrogens with one attached hydrogen (secondary N) is 2. The highest BCUT2D eigenvalue weighted by Crippen LogP contribution is 2.27. The zero-order chi connectivity index (χ0) is 27.3. The van der Waals surface area contributed by atoms with Crippen molar-refractivity contribution < 1.29 is 4.79 Å². The number of nitrogens with zero attached hydrogens (tertiary/aromatic N) is 3. The van der Waals surface area contributed by atoms with Crippen LogP contribution >= 0.6 is 0 Å². The van der Waals surface area contributed by atoms with E-state index in [4.69, 9.17) is 21.5 Å². The number of hydrogen-bond acceptors (Lipinski definition) is 4. The number of carbonyl (C=O) groups is 1. The van der Waals surface area contributed by atoms with Gasteiger partial charge in [-0.25, -0.2) is 0 Å². The van der Waals surface area contributed by atoms with Crippen molar-refractivity contribution in [1.29, 1.82) is 5.26 Å². The SMILES string of the molecule is C#Cc1ccc(C2=CC=CN(NC(C)=NC3C=CC(C)=CC3)C2=C)cc1.CC.CCC#N.CNC=O. The third-order valence-corrected chi connectivity index (χ3v) is 4.64. The van der Waals surface area contributed by atoms with E-state index in [1.165, 1.54) is 5.57 Å². The number of carbonyl (C=O) groups excluding carboxylic acids is 1. The number of amides is 1. The van der Waals surface area contributed by atoms with Gasteiger partial charge in [0.15, 0.2) is 0 Å². The summed E-state index contributed by atoms with van der Waals surface area (Å²) in [7, 11) is 1.56. The second-order valence-electron chi connectivity index (χ2n) is 7.32. The van der Waals surface area contributed by atoms with Crippen LogP contribution in [-0.4, -0.2) is 30.3 Å². The normalized spacial score (nSPS) is 15.6. The van der Waals surface area contributed by atoms with E-state index in [1.807, 2.05) is 75.3 Å². The molecule has 0 aromatic heterocycles. The minimum Gasteiger partial charge on any atom is -0.362 e. The van der Waals surface area contributed by atoms with Crippen LogP contribution in [0.3, 0.4) is 0 Å². The Labute approximate surface area is 217 Å². The van der Waals surface area contributed by atoms with Gasteiger partial charge in [0.25, 0.3) is 0 Å². The van der Waals surface area contributed by atoms with Gasteiger partial charge in [-0.15, -0.1) is 6.42 Å². The van der Waals surface area contributed by atoms with E-state index in [0.717, 1.165) is 34.7 Å². The Bertz CT molecular complexity index is 1060. The van der Waals surface area contributed by atoms with Crippen LogP contribution < -0.4 is 10.7 Å². The number of benzene rings is 1. The molecule has 6 heteroatoms. The molecule has 1 atom stereocenters. The highest BCUT2D eigenvalue weighted by atomic mass is 16.1. The largest absolute Gasteiger partial charge is 0.362 e. The molecule has 0 radical (unpaired) electrons. The summed E-state index contributed by atoms with van der Waals surface area (Å²) in [6.07, 6.45) is 20.1. The van der Waals surface area contributed by atoms with Gasteiger partial charge in [0, 0.05) is 30.8 Å². The molecule has 190 valence electrons. The number of hydrazine groups is 1. The minimum absolute atomic E-state index is 0.180. The fraction of sp³-hybridized carbons (Fsp3) is 0.300. The predicted octanol–water partition coefficient (Wildman–Crippen LogP) is 5.90. The molecule has 2 aliphatic rings. The predicted molar refractivity (Wildman–Crippen MR) is 152 cm³/mol. The van der Waals surface area contributed by atoms with Crippen molar-refractivity contribution in [3.05, 3.63) is 89.8 Å². The van der Waals surface area contributed by atoms with E-state index in [-0.39, 0.29) is 6.04 Å². The summed E-state index contributed by atoms with van der Waals surface area (Å²) in [6.45, 7) is 14.1. The topological polar surface area (TPSA) is 80.5 Å². The van der Waals surface area contributed by atoms with Crippen molar-refractivity contribution in [2.45, 2.75) is 53.5 Å².